The van der Waals surface area contributed by atoms with Crippen LogP contribution >= 0.6 is 0 Å². The van der Waals surface area contributed by atoms with Crippen molar-refractivity contribution in [2.24, 2.45) is 0 Å². The minimum absolute atomic E-state index is 0.188. The molecular weight excluding hydrogens is 483 g/mol. The third-order valence-corrected chi connectivity index (χ3v) is 5.70. The van der Waals surface area contributed by atoms with Gasteiger partial charge in [0.2, 0.25) is 5.69 Å². The summed E-state index contributed by atoms with van der Waals surface area (Å²) >= 11 is 0. The SMILES string of the molecule is [C-]#[N+]c1cc2c(Oc3ccc(CC(=O)Oc4ccccc4)c(F)c3)ccnc2cc1OCc1ccccc1. The highest BCUT2D eigenvalue weighted by atomic mass is 19.1. The lowest BCUT2D eigenvalue weighted by Gasteiger charge is -2.13. The zero-order chi connectivity index (χ0) is 26.3. The summed E-state index contributed by atoms with van der Waals surface area (Å²) in [6.07, 6.45) is 1.35. The van der Waals surface area contributed by atoms with Gasteiger partial charge in [0.15, 0.2) is 0 Å². The fourth-order valence-corrected chi connectivity index (χ4v) is 3.84. The second-order valence-corrected chi connectivity index (χ2v) is 8.35. The normalized spacial score (nSPS) is 10.5. The largest absolute Gasteiger partial charge is 0.500 e. The Morgan fingerprint density at radius 1 is 0.868 bits per heavy atom. The maximum absolute atomic E-state index is 14.8. The number of pyridine rings is 1. The molecule has 0 aliphatic carbocycles. The van der Waals surface area contributed by atoms with Gasteiger partial charge in [-0.25, -0.2) is 9.24 Å². The maximum atomic E-state index is 14.8. The molecule has 5 aromatic rings. The second kappa shape index (κ2) is 11.2. The number of esters is 1. The first-order valence-corrected chi connectivity index (χ1v) is 11.8. The van der Waals surface area contributed by atoms with E-state index in [1.807, 2.05) is 36.4 Å². The number of fused-ring (bicyclic) bond motifs is 1. The molecule has 0 unspecified atom stereocenters. The van der Waals surface area contributed by atoms with E-state index in [1.54, 1.807) is 54.7 Å². The molecule has 0 saturated carbocycles. The molecule has 5 rings (SSSR count). The fourth-order valence-electron chi connectivity index (χ4n) is 3.84. The molecule has 0 atom stereocenters. The van der Waals surface area contributed by atoms with Crippen LogP contribution in [0.25, 0.3) is 15.7 Å². The Bertz CT molecular complexity index is 1630. The second-order valence-electron chi connectivity index (χ2n) is 8.35. The summed E-state index contributed by atoms with van der Waals surface area (Å²) in [7, 11) is 0. The van der Waals surface area contributed by atoms with Crippen molar-refractivity contribution in [2.45, 2.75) is 13.0 Å². The van der Waals surface area contributed by atoms with E-state index in [2.05, 4.69) is 9.83 Å². The number of hydrogen-bond donors (Lipinski definition) is 0. The summed E-state index contributed by atoms with van der Waals surface area (Å²) < 4.78 is 31.9. The molecule has 0 radical (unpaired) electrons. The fraction of sp³-hybridized carbons (Fsp3) is 0.0645. The first-order valence-electron chi connectivity index (χ1n) is 11.8. The zero-order valence-electron chi connectivity index (χ0n) is 20.1. The Balaban J connectivity index is 1.33. The Hall–Kier alpha value is -5.22. The van der Waals surface area contributed by atoms with E-state index in [1.165, 1.54) is 12.1 Å². The van der Waals surface area contributed by atoms with E-state index < -0.39 is 11.8 Å². The van der Waals surface area contributed by atoms with Gasteiger partial charge in [-0.1, -0.05) is 54.6 Å². The van der Waals surface area contributed by atoms with Gasteiger partial charge in [-0.15, -0.1) is 0 Å². The van der Waals surface area contributed by atoms with Crippen LogP contribution in [0.5, 0.6) is 23.0 Å². The number of carbonyl (C=O) groups excluding carboxylic acids is 1. The molecular formula is C31H21FN2O4. The Morgan fingerprint density at radius 2 is 1.63 bits per heavy atom. The van der Waals surface area contributed by atoms with Crippen LogP contribution < -0.4 is 14.2 Å². The third kappa shape index (κ3) is 5.77. The van der Waals surface area contributed by atoms with Crippen molar-refractivity contribution >= 4 is 22.6 Å². The number of ether oxygens (including phenoxy) is 3. The van der Waals surface area contributed by atoms with Crippen molar-refractivity contribution in [2.75, 3.05) is 0 Å². The molecule has 7 heteroatoms. The van der Waals surface area contributed by atoms with E-state index >= 15 is 0 Å². The average molecular weight is 505 g/mol. The van der Waals surface area contributed by atoms with E-state index in [0.717, 1.165) is 5.56 Å². The van der Waals surface area contributed by atoms with Gasteiger partial charge in [0.05, 0.1) is 18.5 Å². The van der Waals surface area contributed by atoms with Crippen LogP contribution in [-0.4, -0.2) is 11.0 Å². The Kier molecular flexibility index (Phi) is 7.23. The van der Waals surface area contributed by atoms with E-state index in [9.17, 15) is 9.18 Å². The predicted octanol–water partition coefficient (Wildman–Crippen LogP) is 7.44. The average Bonchev–Trinajstić information content (AvgIpc) is 2.94. The molecule has 186 valence electrons. The van der Waals surface area contributed by atoms with Crippen molar-refractivity contribution in [3.63, 3.8) is 0 Å². The summed E-state index contributed by atoms with van der Waals surface area (Å²) in [5.41, 5.74) is 2.05. The van der Waals surface area contributed by atoms with Crippen LogP contribution in [-0.2, 0) is 17.8 Å². The van der Waals surface area contributed by atoms with E-state index in [-0.39, 0.29) is 17.7 Å². The van der Waals surface area contributed by atoms with E-state index in [0.29, 0.717) is 40.4 Å². The lowest BCUT2D eigenvalue weighted by molar-refractivity contribution is -0.133. The van der Waals surface area contributed by atoms with E-state index in [4.69, 9.17) is 20.8 Å². The number of para-hydroxylation sites is 1. The molecule has 4 aromatic carbocycles. The molecule has 1 heterocycles. The Morgan fingerprint density at radius 3 is 2.37 bits per heavy atom. The molecule has 0 amide bonds. The molecule has 0 fully saturated rings. The minimum atomic E-state index is -0.593. The van der Waals surface area contributed by atoms with Gasteiger partial charge < -0.3 is 14.2 Å². The van der Waals surface area contributed by atoms with Crippen LogP contribution in [0.3, 0.4) is 0 Å². The number of nitrogens with zero attached hydrogens (tertiary/aromatic N) is 2. The summed E-state index contributed by atoms with van der Waals surface area (Å²) in [6.45, 7) is 7.92. The number of aromatic nitrogens is 1. The monoisotopic (exact) mass is 504 g/mol. The molecule has 0 saturated heterocycles. The van der Waals surface area contributed by atoms with Crippen LogP contribution in [0.2, 0.25) is 0 Å². The predicted molar refractivity (Wildman–Crippen MR) is 141 cm³/mol. The summed E-state index contributed by atoms with van der Waals surface area (Å²) in [5, 5.41) is 0.585. The Labute approximate surface area is 218 Å². The minimum Gasteiger partial charge on any atom is -0.500 e. The number of rotatable bonds is 8. The first-order chi connectivity index (χ1) is 18.6. The molecule has 6 nitrogen and oxygen atoms in total. The number of hydrogen-bond acceptors (Lipinski definition) is 5. The number of halogens is 1. The maximum Gasteiger partial charge on any atom is 0.315 e. The topological polar surface area (TPSA) is 62.0 Å². The van der Waals surface area contributed by atoms with Gasteiger partial charge >= 0.3 is 5.97 Å². The third-order valence-electron chi connectivity index (χ3n) is 5.70. The van der Waals surface area contributed by atoms with Crippen LogP contribution in [0.15, 0.2) is 103 Å². The van der Waals surface area contributed by atoms with Crippen LogP contribution in [0, 0.1) is 12.4 Å². The van der Waals surface area contributed by atoms with Crippen molar-refractivity contribution in [3.8, 4) is 23.0 Å². The van der Waals surface area contributed by atoms with Crippen molar-refractivity contribution in [1.29, 1.82) is 0 Å². The summed E-state index contributed by atoms with van der Waals surface area (Å²) in [5.74, 6) is 0.299. The standard InChI is InChI=1S/C31H21FN2O4/c1-33-28-18-25-27(19-30(28)36-20-21-8-4-2-5-9-21)34-15-14-29(25)37-24-13-12-22(26(32)17-24)16-31(35)38-23-10-6-3-7-11-23/h2-15,17-19H,16,20H2. The summed E-state index contributed by atoms with van der Waals surface area (Å²) in [6, 6.07) is 27.5. The van der Waals surface area contributed by atoms with Crippen LogP contribution in [0.4, 0.5) is 10.1 Å². The molecule has 0 spiro atoms. The highest BCUT2D eigenvalue weighted by Gasteiger charge is 2.14. The number of benzene rings is 4. The van der Waals surface area contributed by atoms with Gasteiger partial charge in [-0.3, -0.25) is 9.78 Å². The zero-order valence-corrected chi connectivity index (χ0v) is 20.1. The van der Waals surface area contributed by atoms with Crippen LogP contribution in [0.1, 0.15) is 11.1 Å². The quantitative estimate of drug-likeness (QED) is 0.125. The molecule has 0 aliphatic rings. The first kappa shape index (κ1) is 24.5. The van der Waals surface area contributed by atoms with Gasteiger partial charge in [0.1, 0.15) is 35.4 Å². The van der Waals surface area contributed by atoms with Crippen molar-refractivity contribution in [3.05, 3.63) is 132 Å². The highest BCUT2D eigenvalue weighted by Crippen LogP contribution is 2.38. The molecule has 0 bridgehead atoms. The molecule has 0 N–H and O–H groups in total. The molecule has 1 aromatic heterocycles. The lowest BCUT2D eigenvalue weighted by Crippen LogP contribution is -2.12. The summed E-state index contributed by atoms with van der Waals surface area (Å²) in [4.78, 5) is 20.2. The molecule has 38 heavy (non-hydrogen) atoms. The number of carbonyl (C=O) groups is 1. The van der Waals surface area contributed by atoms with Gasteiger partial charge in [0, 0.05) is 17.6 Å². The van der Waals surface area contributed by atoms with Gasteiger partial charge in [-0.05, 0) is 47.5 Å². The van der Waals surface area contributed by atoms with Gasteiger partial charge in [0.25, 0.3) is 0 Å². The van der Waals surface area contributed by atoms with Crippen molar-refractivity contribution in [1.82, 2.24) is 4.98 Å². The lowest BCUT2D eigenvalue weighted by atomic mass is 10.1. The molecule has 0 aliphatic heterocycles. The highest BCUT2D eigenvalue weighted by molar-refractivity contribution is 5.91. The van der Waals surface area contributed by atoms with Gasteiger partial charge in [-0.2, -0.15) is 0 Å². The van der Waals surface area contributed by atoms with Crippen molar-refractivity contribution < 1.29 is 23.4 Å². The smallest absolute Gasteiger partial charge is 0.315 e.